The molecule has 0 aliphatic carbocycles. The summed E-state index contributed by atoms with van der Waals surface area (Å²) in [5.74, 6) is -3.19. The van der Waals surface area contributed by atoms with Gasteiger partial charge in [-0.15, -0.1) is 0 Å². The Balaban J connectivity index is 3.56. The SMILES string of the molecule is CCOC(=O)/C(=C/N(C)C)C(=O)c1cc(F)c(Cl)c([N+](=O)[O-])c1Cl. The van der Waals surface area contributed by atoms with E-state index in [1.807, 2.05) is 0 Å². The Morgan fingerprint density at radius 1 is 1.38 bits per heavy atom. The van der Waals surface area contributed by atoms with E-state index in [1.54, 1.807) is 14.1 Å². The molecular weight excluding hydrogens is 366 g/mol. The van der Waals surface area contributed by atoms with Gasteiger partial charge in [-0.2, -0.15) is 0 Å². The second-order valence-electron chi connectivity index (χ2n) is 4.70. The summed E-state index contributed by atoms with van der Waals surface area (Å²) in [4.78, 5) is 35.9. The molecule has 0 aromatic heterocycles. The molecule has 0 aliphatic heterocycles. The molecule has 0 heterocycles. The van der Waals surface area contributed by atoms with Crippen molar-refractivity contribution < 1.29 is 23.6 Å². The fourth-order valence-electron chi connectivity index (χ4n) is 1.73. The van der Waals surface area contributed by atoms with Crippen molar-refractivity contribution in [2.75, 3.05) is 20.7 Å². The zero-order chi connectivity index (χ0) is 18.6. The highest BCUT2D eigenvalue weighted by molar-refractivity contribution is 6.42. The van der Waals surface area contributed by atoms with Crippen LogP contribution >= 0.6 is 23.2 Å². The maximum absolute atomic E-state index is 13.8. The van der Waals surface area contributed by atoms with Crippen LogP contribution in [0.4, 0.5) is 10.1 Å². The molecule has 130 valence electrons. The van der Waals surface area contributed by atoms with Gasteiger partial charge in [0.2, 0.25) is 5.78 Å². The average Bonchev–Trinajstić information content (AvgIpc) is 2.47. The molecule has 0 radical (unpaired) electrons. The van der Waals surface area contributed by atoms with Gasteiger partial charge in [0.1, 0.15) is 16.4 Å². The van der Waals surface area contributed by atoms with E-state index in [1.165, 1.54) is 11.8 Å². The first-order valence-electron chi connectivity index (χ1n) is 6.53. The summed E-state index contributed by atoms with van der Waals surface area (Å²) in [6.45, 7) is 1.54. The fraction of sp³-hybridized carbons (Fsp3) is 0.286. The Morgan fingerprint density at radius 2 is 1.96 bits per heavy atom. The number of ketones is 1. The summed E-state index contributed by atoms with van der Waals surface area (Å²) >= 11 is 11.4. The molecule has 24 heavy (non-hydrogen) atoms. The molecule has 0 amide bonds. The molecule has 1 aromatic carbocycles. The molecular formula is C14H13Cl2FN2O5. The van der Waals surface area contributed by atoms with Crippen molar-refractivity contribution in [1.82, 2.24) is 4.90 Å². The Morgan fingerprint density at radius 3 is 2.42 bits per heavy atom. The minimum atomic E-state index is -1.20. The summed E-state index contributed by atoms with van der Waals surface area (Å²) < 4.78 is 18.6. The van der Waals surface area contributed by atoms with E-state index in [4.69, 9.17) is 27.9 Å². The van der Waals surface area contributed by atoms with Crippen molar-refractivity contribution in [2.45, 2.75) is 6.92 Å². The number of nitro groups is 1. The van der Waals surface area contributed by atoms with Gasteiger partial charge < -0.3 is 9.64 Å². The molecule has 10 heteroatoms. The molecule has 0 atom stereocenters. The summed E-state index contributed by atoms with van der Waals surface area (Å²) in [6, 6.07) is 0.642. The lowest BCUT2D eigenvalue weighted by atomic mass is 10.0. The lowest BCUT2D eigenvalue weighted by Crippen LogP contribution is -2.20. The number of esters is 1. The number of ether oxygens (including phenoxy) is 1. The number of nitro benzene ring substituents is 1. The van der Waals surface area contributed by atoms with Crippen LogP contribution in [0.5, 0.6) is 0 Å². The fourth-order valence-corrected chi connectivity index (χ4v) is 2.30. The predicted molar refractivity (Wildman–Crippen MR) is 85.8 cm³/mol. The number of hydrogen-bond acceptors (Lipinski definition) is 6. The van der Waals surface area contributed by atoms with Crippen LogP contribution in [0.15, 0.2) is 17.8 Å². The first kappa shape index (κ1) is 19.9. The van der Waals surface area contributed by atoms with E-state index in [0.29, 0.717) is 6.07 Å². The van der Waals surface area contributed by atoms with Crippen LogP contribution in [0.25, 0.3) is 0 Å². The van der Waals surface area contributed by atoms with Crippen LogP contribution < -0.4 is 0 Å². The van der Waals surface area contributed by atoms with Crippen molar-refractivity contribution in [3.8, 4) is 0 Å². The summed E-state index contributed by atoms with van der Waals surface area (Å²) in [6.07, 6.45) is 1.15. The summed E-state index contributed by atoms with van der Waals surface area (Å²) in [5, 5.41) is 9.51. The van der Waals surface area contributed by atoms with Crippen molar-refractivity contribution in [1.29, 1.82) is 0 Å². The lowest BCUT2D eigenvalue weighted by molar-refractivity contribution is -0.384. The van der Waals surface area contributed by atoms with Gasteiger partial charge in [-0.1, -0.05) is 23.2 Å². The normalized spacial score (nSPS) is 11.2. The number of benzene rings is 1. The standard InChI is InChI=1S/C14H13Cl2FN2O5/c1-4-24-14(21)8(6-18(2)3)13(20)7-5-9(17)11(16)12(10(7)15)19(22)23/h5-6H,4H2,1-3H3/b8-6+. The number of carbonyl (C=O) groups is 2. The van der Waals surface area contributed by atoms with Crippen LogP contribution in [0, 0.1) is 15.9 Å². The zero-order valence-corrected chi connectivity index (χ0v) is 14.4. The highest BCUT2D eigenvalue weighted by Crippen LogP contribution is 2.38. The van der Waals surface area contributed by atoms with Gasteiger partial charge in [-0.3, -0.25) is 14.9 Å². The van der Waals surface area contributed by atoms with Crippen LogP contribution in [0.2, 0.25) is 10.0 Å². The van der Waals surface area contributed by atoms with E-state index in [0.717, 1.165) is 6.20 Å². The van der Waals surface area contributed by atoms with E-state index < -0.39 is 49.4 Å². The Bertz CT molecular complexity index is 734. The van der Waals surface area contributed by atoms with Gasteiger partial charge in [0.15, 0.2) is 5.02 Å². The zero-order valence-electron chi connectivity index (χ0n) is 12.9. The van der Waals surface area contributed by atoms with Gasteiger partial charge in [0, 0.05) is 20.3 Å². The van der Waals surface area contributed by atoms with Crippen LogP contribution in [-0.2, 0) is 9.53 Å². The number of hydrogen-bond donors (Lipinski definition) is 0. The van der Waals surface area contributed by atoms with Crippen LogP contribution in [0.3, 0.4) is 0 Å². The van der Waals surface area contributed by atoms with E-state index in [-0.39, 0.29) is 6.61 Å². The van der Waals surface area contributed by atoms with Crippen LogP contribution in [0.1, 0.15) is 17.3 Å². The molecule has 0 fully saturated rings. The average molecular weight is 379 g/mol. The molecule has 0 saturated carbocycles. The monoisotopic (exact) mass is 378 g/mol. The van der Waals surface area contributed by atoms with Crippen molar-refractivity contribution in [2.24, 2.45) is 0 Å². The predicted octanol–water partition coefficient (Wildman–Crippen LogP) is 3.23. The van der Waals surface area contributed by atoms with E-state index in [9.17, 15) is 24.1 Å². The van der Waals surface area contributed by atoms with Crippen molar-refractivity contribution in [3.05, 3.63) is 49.4 Å². The van der Waals surface area contributed by atoms with Gasteiger partial charge in [0.05, 0.1) is 17.1 Å². The lowest BCUT2D eigenvalue weighted by Gasteiger charge is -2.12. The molecule has 0 unspecified atom stereocenters. The number of rotatable bonds is 6. The maximum atomic E-state index is 13.8. The van der Waals surface area contributed by atoms with Gasteiger partial charge in [-0.05, 0) is 13.0 Å². The Hall–Kier alpha value is -2.19. The van der Waals surface area contributed by atoms with Crippen molar-refractivity contribution >= 4 is 40.6 Å². The number of Topliss-reactive ketones (excluding diaryl/α,β-unsaturated/α-hetero) is 1. The molecule has 1 rings (SSSR count). The number of halogens is 3. The molecule has 0 N–H and O–H groups in total. The minimum Gasteiger partial charge on any atom is -0.462 e. The second kappa shape index (κ2) is 8.07. The van der Waals surface area contributed by atoms with Crippen LogP contribution in [-0.4, -0.2) is 42.3 Å². The molecule has 0 bridgehead atoms. The molecule has 1 aromatic rings. The first-order valence-corrected chi connectivity index (χ1v) is 7.29. The molecule has 0 spiro atoms. The highest BCUT2D eigenvalue weighted by atomic mass is 35.5. The van der Waals surface area contributed by atoms with Gasteiger partial charge >= 0.3 is 11.7 Å². The van der Waals surface area contributed by atoms with Gasteiger partial charge in [0.25, 0.3) is 0 Å². The minimum absolute atomic E-state index is 0.000257. The number of nitrogens with zero attached hydrogens (tertiary/aromatic N) is 2. The Kier molecular flexibility index (Phi) is 6.68. The largest absolute Gasteiger partial charge is 0.462 e. The maximum Gasteiger partial charge on any atom is 0.343 e. The third kappa shape index (κ3) is 4.21. The molecule has 0 aliphatic rings. The summed E-state index contributed by atoms with van der Waals surface area (Å²) in [5.41, 5.74) is -1.97. The van der Waals surface area contributed by atoms with E-state index >= 15 is 0 Å². The second-order valence-corrected chi connectivity index (χ2v) is 5.45. The number of carbonyl (C=O) groups excluding carboxylic acids is 2. The third-order valence-corrected chi connectivity index (χ3v) is 3.43. The van der Waals surface area contributed by atoms with Crippen molar-refractivity contribution in [3.63, 3.8) is 0 Å². The summed E-state index contributed by atoms with van der Waals surface area (Å²) in [7, 11) is 3.08. The third-order valence-electron chi connectivity index (χ3n) is 2.69. The Labute approximate surface area is 146 Å². The molecule has 0 saturated heterocycles. The quantitative estimate of drug-likeness (QED) is 0.110. The first-order chi connectivity index (χ1) is 11.1. The topological polar surface area (TPSA) is 89.8 Å². The van der Waals surface area contributed by atoms with E-state index in [2.05, 4.69) is 0 Å². The highest BCUT2D eigenvalue weighted by Gasteiger charge is 2.31. The smallest absolute Gasteiger partial charge is 0.343 e. The molecule has 7 nitrogen and oxygen atoms in total. The van der Waals surface area contributed by atoms with Gasteiger partial charge in [-0.25, -0.2) is 9.18 Å².